The van der Waals surface area contributed by atoms with Crippen molar-refractivity contribution >= 4 is 5.91 Å². The fraction of sp³-hybridized carbons (Fsp3) is 0.933. The van der Waals surface area contributed by atoms with Gasteiger partial charge in [0.05, 0.1) is 5.41 Å². The Morgan fingerprint density at radius 3 is 2.58 bits per heavy atom. The quantitative estimate of drug-likeness (QED) is 0.835. The molecule has 1 saturated carbocycles. The van der Waals surface area contributed by atoms with Crippen LogP contribution < -0.4 is 5.73 Å². The fourth-order valence-electron chi connectivity index (χ4n) is 3.78. The predicted octanol–water partition coefficient (Wildman–Crippen LogP) is 1.31. The van der Waals surface area contributed by atoms with E-state index in [4.69, 9.17) is 5.73 Å². The number of hydrogen-bond acceptors (Lipinski definition) is 3. The molecular formula is C15H29N3O. The maximum absolute atomic E-state index is 12.8. The smallest absolute Gasteiger partial charge is 0.229 e. The fourth-order valence-corrected chi connectivity index (χ4v) is 3.78. The molecule has 1 saturated heterocycles. The van der Waals surface area contributed by atoms with Crippen molar-refractivity contribution in [3.05, 3.63) is 0 Å². The monoisotopic (exact) mass is 267 g/mol. The zero-order valence-corrected chi connectivity index (χ0v) is 12.5. The van der Waals surface area contributed by atoms with Crippen molar-refractivity contribution in [3.63, 3.8) is 0 Å². The summed E-state index contributed by atoms with van der Waals surface area (Å²) >= 11 is 0. The van der Waals surface area contributed by atoms with Crippen LogP contribution in [-0.2, 0) is 4.79 Å². The minimum absolute atomic E-state index is 0.252. The van der Waals surface area contributed by atoms with Gasteiger partial charge in [-0.2, -0.15) is 0 Å². The number of rotatable bonds is 4. The van der Waals surface area contributed by atoms with Gasteiger partial charge in [-0.15, -0.1) is 0 Å². The summed E-state index contributed by atoms with van der Waals surface area (Å²) in [5, 5.41) is 0. The van der Waals surface area contributed by atoms with Crippen LogP contribution in [-0.4, -0.2) is 56.0 Å². The third kappa shape index (κ3) is 3.29. The lowest BCUT2D eigenvalue weighted by Crippen LogP contribution is -2.49. The van der Waals surface area contributed by atoms with Gasteiger partial charge >= 0.3 is 0 Å². The molecule has 2 rings (SSSR count). The summed E-state index contributed by atoms with van der Waals surface area (Å²) in [4.78, 5) is 17.1. The lowest BCUT2D eigenvalue weighted by Gasteiger charge is -2.38. The van der Waals surface area contributed by atoms with E-state index in [1.165, 1.54) is 12.8 Å². The Morgan fingerprint density at radius 1 is 1.37 bits per heavy atom. The molecule has 0 aromatic carbocycles. The maximum Gasteiger partial charge on any atom is 0.229 e. The van der Waals surface area contributed by atoms with Crippen LogP contribution in [0, 0.1) is 11.3 Å². The van der Waals surface area contributed by atoms with E-state index < -0.39 is 0 Å². The van der Waals surface area contributed by atoms with Gasteiger partial charge in [0, 0.05) is 26.7 Å². The topological polar surface area (TPSA) is 49.6 Å². The molecule has 1 aliphatic carbocycles. The Labute approximate surface area is 117 Å². The van der Waals surface area contributed by atoms with Gasteiger partial charge in [-0.05, 0) is 38.8 Å². The van der Waals surface area contributed by atoms with Crippen molar-refractivity contribution in [2.45, 2.75) is 38.5 Å². The molecular weight excluding hydrogens is 238 g/mol. The van der Waals surface area contributed by atoms with Crippen LogP contribution in [0.5, 0.6) is 0 Å². The number of nitrogens with two attached hydrogens (primary N) is 1. The molecule has 4 nitrogen and oxygen atoms in total. The molecule has 110 valence electrons. The third-order valence-electron chi connectivity index (χ3n) is 5.02. The summed E-state index contributed by atoms with van der Waals surface area (Å²) < 4.78 is 0. The van der Waals surface area contributed by atoms with Crippen LogP contribution >= 0.6 is 0 Å². The first-order chi connectivity index (χ1) is 9.07. The van der Waals surface area contributed by atoms with Crippen molar-refractivity contribution in [1.29, 1.82) is 0 Å². The second-order valence-electron chi connectivity index (χ2n) is 6.65. The third-order valence-corrected chi connectivity index (χ3v) is 5.02. The first-order valence-electron chi connectivity index (χ1n) is 7.71. The van der Waals surface area contributed by atoms with Crippen molar-refractivity contribution in [1.82, 2.24) is 9.80 Å². The zero-order chi connectivity index (χ0) is 13.9. The molecule has 1 amide bonds. The molecule has 0 aromatic rings. The van der Waals surface area contributed by atoms with E-state index in [0.29, 0.717) is 18.4 Å². The highest BCUT2D eigenvalue weighted by atomic mass is 16.2. The van der Waals surface area contributed by atoms with Crippen LogP contribution in [0.4, 0.5) is 0 Å². The lowest BCUT2D eigenvalue weighted by atomic mass is 9.73. The Hall–Kier alpha value is -0.610. The van der Waals surface area contributed by atoms with E-state index in [1.54, 1.807) is 0 Å². The van der Waals surface area contributed by atoms with Gasteiger partial charge in [-0.1, -0.05) is 19.3 Å². The standard InChI is InChI=1S/C15H29N3O/c1-17-9-6-13(10-17)11-18(2)14(19)15(12-16)7-4-3-5-8-15/h13H,3-12,16H2,1-2H3. The van der Waals surface area contributed by atoms with Crippen LogP contribution in [0.15, 0.2) is 0 Å². The maximum atomic E-state index is 12.8. The molecule has 0 spiro atoms. The molecule has 1 unspecified atom stereocenters. The predicted molar refractivity (Wildman–Crippen MR) is 77.8 cm³/mol. The average Bonchev–Trinajstić information content (AvgIpc) is 2.84. The Balaban J connectivity index is 1.93. The summed E-state index contributed by atoms with van der Waals surface area (Å²) in [7, 11) is 4.12. The molecule has 2 N–H and O–H groups in total. The number of carbonyl (C=O) groups excluding carboxylic acids is 1. The minimum Gasteiger partial charge on any atom is -0.345 e. The highest BCUT2D eigenvalue weighted by Crippen LogP contribution is 2.37. The summed E-state index contributed by atoms with van der Waals surface area (Å²) in [5.74, 6) is 0.932. The normalized spacial score (nSPS) is 27.4. The summed E-state index contributed by atoms with van der Waals surface area (Å²) in [6.45, 7) is 3.69. The van der Waals surface area contributed by atoms with E-state index in [1.807, 2.05) is 11.9 Å². The SMILES string of the molecule is CN1CCC(CN(C)C(=O)C2(CN)CCCCC2)C1. The van der Waals surface area contributed by atoms with Crippen LogP contribution in [0.1, 0.15) is 38.5 Å². The number of carbonyl (C=O) groups is 1. The molecule has 2 aliphatic rings. The van der Waals surface area contributed by atoms with Gasteiger partial charge in [0.15, 0.2) is 0 Å². The Bertz CT molecular complexity index is 313. The molecule has 19 heavy (non-hydrogen) atoms. The molecule has 0 bridgehead atoms. The first-order valence-corrected chi connectivity index (χ1v) is 7.71. The Kier molecular flexibility index (Phi) is 4.85. The minimum atomic E-state index is -0.252. The van der Waals surface area contributed by atoms with Gasteiger partial charge in [-0.3, -0.25) is 4.79 Å². The molecule has 4 heteroatoms. The number of likely N-dealkylation sites (tertiary alicyclic amines) is 1. The van der Waals surface area contributed by atoms with Crippen LogP contribution in [0.3, 0.4) is 0 Å². The van der Waals surface area contributed by atoms with Crippen molar-refractivity contribution < 1.29 is 4.79 Å². The highest BCUT2D eigenvalue weighted by molar-refractivity contribution is 5.83. The molecule has 2 fully saturated rings. The van der Waals surface area contributed by atoms with Crippen molar-refractivity contribution in [2.24, 2.45) is 17.1 Å². The van der Waals surface area contributed by atoms with E-state index in [9.17, 15) is 4.79 Å². The van der Waals surface area contributed by atoms with E-state index in [2.05, 4.69) is 11.9 Å². The van der Waals surface area contributed by atoms with E-state index in [-0.39, 0.29) is 5.41 Å². The molecule has 0 radical (unpaired) electrons. The van der Waals surface area contributed by atoms with Crippen molar-refractivity contribution in [2.75, 3.05) is 40.3 Å². The molecule has 0 aromatic heterocycles. The molecule has 1 aliphatic heterocycles. The molecule has 1 heterocycles. The first kappa shape index (κ1) is 14.8. The largest absolute Gasteiger partial charge is 0.345 e. The summed E-state index contributed by atoms with van der Waals surface area (Å²) in [6.07, 6.45) is 6.75. The average molecular weight is 267 g/mol. The van der Waals surface area contributed by atoms with Gasteiger partial charge < -0.3 is 15.5 Å². The number of hydrogen-bond donors (Lipinski definition) is 1. The van der Waals surface area contributed by atoms with E-state index >= 15 is 0 Å². The van der Waals surface area contributed by atoms with Gasteiger partial charge in [0.1, 0.15) is 0 Å². The zero-order valence-electron chi connectivity index (χ0n) is 12.5. The van der Waals surface area contributed by atoms with Gasteiger partial charge in [0.25, 0.3) is 0 Å². The van der Waals surface area contributed by atoms with Crippen molar-refractivity contribution in [3.8, 4) is 0 Å². The van der Waals surface area contributed by atoms with Crippen LogP contribution in [0.2, 0.25) is 0 Å². The summed E-state index contributed by atoms with van der Waals surface area (Å²) in [6, 6.07) is 0. The van der Waals surface area contributed by atoms with E-state index in [0.717, 1.165) is 45.3 Å². The number of nitrogens with zero attached hydrogens (tertiary/aromatic N) is 2. The number of amides is 1. The second-order valence-corrected chi connectivity index (χ2v) is 6.65. The Morgan fingerprint density at radius 2 is 2.05 bits per heavy atom. The van der Waals surface area contributed by atoms with Gasteiger partial charge in [-0.25, -0.2) is 0 Å². The highest BCUT2D eigenvalue weighted by Gasteiger charge is 2.40. The lowest BCUT2D eigenvalue weighted by molar-refractivity contribution is -0.142. The second kappa shape index (κ2) is 6.23. The molecule has 1 atom stereocenters. The van der Waals surface area contributed by atoms with Gasteiger partial charge in [0.2, 0.25) is 5.91 Å². The van der Waals surface area contributed by atoms with Crippen LogP contribution in [0.25, 0.3) is 0 Å². The summed E-state index contributed by atoms with van der Waals surface area (Å²) in [5.41, 5.74) is 5.70.